The van der Waals surface area contributed by atoms with E-state index in [1.54, 1.807) is 44.2 Å². The summed E-state index contributed by atoms with van der Waals surface area (Å²) in [5, 5.41) is 5.47. The van der Waals surface area contributed by atoms with Crippen molar-refractivity contribution in [1.82, 2.24) is 5.32 Å². The van der Waals surface area contributed by atoms with Gasteiger partial charge in [0.05, 0.1) is 30.5 Å². The lowest BCUT2D eigenvalue weighted by molar-refractivity contribution is -0.122. The number of rotatable bonds is 13. The summed E-state index contributed by atoms with van der Waals surface area (Å²) in [7, 11) is 0. The molecule has 0 unspecified atom stereocenters. The van der Waals surface area contributed by atoms with Crippen LogP contribution in [-0.2, 0) is 14.4 Å². The Morgan fingerprint density at radius 2 is 1.58 bits per heavy atom. The average molecular weight is 657 g/mol. The van der Waals surface area contributed by atoms with Crippen LogP contribution < -0.4 is 34.5 Å². The number of carbonyl (C=O) groups excluding carboxylic acids is 4. The van der Waals surface area contributed by atoms with E-state index in [9.17, 15) is 19.2 Å². The molecule has 5 amide bonds. The molecule has 0 spiro atoms. The van der Waals surface area contributed by atoms with E-state index < -0.39 is 23.8 Å². The van der Waals surface area contributed by atoms with Crippen LogP contribution in [-0.4, -0.2) is 50.2 Å². The number of hydrogen-bond acceptors (Lipinski definition) is 8. The Kier molecular flexibility index (Phi) is 11.3. The van der Waals surface area contributed by atoms with Crippen molar-refractivity contribution < 1.29 is 38.1 Å². The first-order valence-electron chi connectivity index (χ1n) is 14.1. The monoisotopic (exact) mass is 655 g/mol. The summed E-state index contributed by atoms with van der Waals surface area (Å²) >= 11 is 12.4. The highest BCUT2D eigenvalue weighted by Crippen LogP contribution is 2.38. The van der Waals surface area contributed by atoms with Gasteiger partial charge in [-0.15, -0.1) is 0 Å². The topological polar surface area (TPSA) is 132 Å². The van der Waals surface area contributed by atoms with E-state index in [0.29, 0.717) is 41.0 Å². The fourth-order valence-corrected chi connectivity index (χ4v) is 4.64. The van der Waals surface area contributed by atoms with E-state index >= 15 is 0 Å². The molecule has 0 atom stereocenters. The summed E-state index contributed by atoms with van der Waals surface area (Å²) < 4.78 is 22.7. The van der Waals surface area contributed by atoms with Gasteiger partial charge in [-0.25, -0.2) is 9.69 Å². The van der Waals surface area contributed by atoms with Crippen LogP contribution in [0, 0.1) is 0 Å². The van der Waals surface area contributed by atoms with E-state index in [1.165, 1.54) is 30.3 Å². The summed E-state index contributed by atoms with van der Waals surface area (Å²) in [5.41, 5.74) is 0.696. The lowest BCUT2D eigenvalue weighted by atomic mass is 10.1. The number of imide groups is 2. The molecule has 0 aromatic heterocycles. The third-order valence-electron chi connectivity index (χ3n) is 6.17. The molecule has 0 bridgehead atoms. The van der Waals surface area contributed by atoms with Crippen molar-refractivity contribution in [2.75, 3.05) is 36.6 Å². The van der Waals surface area contributed by atoms with E-state index in [2.05, 4.69) is 10.6 Å². The van der Waals surface area contributed by atoms with Gasteiger partial charge in [0, 0.05) is 16.8 Å². The average Bonchev–Trinajstić information content (AvgIpc) is 3.00. The van der Waals surface area contributed by atoms with E-state index in [-0.39, 0.29) is 41.0 Å². The predicted molar refractivity (Wildman–Crippen MR) is 171 cm³/mol. The molecule has 3 aromatic rings. The zero-order chi connectivity index (χ0) is 32.5. The molecule has 236 valence electrons. The number of carbonyl (C=O) groups is 4. The molecule has 1 aliphatic heterocycles. The lowest BCUT2D eigenvalue weighted by Gasteiger charge is -2.27. The standard InChI is InChI=1S/C32H31Cl2N3O8/c1-4-13-44-25-12-11-22(17-26(25)42-5-2)37-31(40)23(30(39)36-32(37)41)14-19-15-24(34)29(27(16-19)43-6-3)45-18-28(38)35-21-9-7-20(33)8-10-21/h7-12,14-17H,4-6,13,18H2,1-3H3,(H,35,38)(H,36,39,41)/b23-14+. The van der Waals surface area contributed by atoms with Crippen molar-refractivity contribution in [1.29, 1.82) is 0 Å². The van der Waals surface area contributed by atoms with E-state index in [4.69, 9.17) is 42.1 Å². The van der Waals surface area contributed by atoms with Crippen molar-refractivity contribution in [2.45, 2.75) is 27.2 Å². The predicted octanol–water partition coefficient (Wildman–Crippen LogP) is 6.26. The summed E-state index contributed by atoms with van der Waals surface area (Å²) in [4.78, 5) is 52.5. The molecule has 1 heterocycles. The first kappa shape index (κ1) is 33.2. The van der Waals surface area contributed by atoms with Crippen LogP contribution in [0.5, 0.6) is 23.0 Å². The largest absolute Gasteiger partial charge is 0.490 e. The zero-order valence-electron chi connectivity index (χ0n) is 24.8. The summed E-state index contributed by atoms with van der Waals surface area (Å²) in [5.74, 6) is -1.12. The van der Waals surface area contributed by atoms with Gasteiger partial charge in [-0.3, -0.25) is 19.7 Å². The fourth-order valence-electron chi connectivity index (χ4n) is 4.24. The Labute approximate surface area is 270 Å². The zero-order valence-corrected chi connectivity index (χ0v) is 26.3. The molecule has 45 heavy (non-hydrogen) atoms. The number of nitrogens with one attached hydrogen (secondary N) is 2. The van der Waals surface area contributed by atoms with Crippen molar-refractivity contribution in [2.24, 2.45) is 0 Å². The van der Waals surface area contributed by atoms with Gasteiger partial charge in [-0.05, 0) is 80.4 Å². The Morgan fingerprint density at radius 3 is 2.27 bits per heavy atom. The van der Waals surface area contributed by atoms with Crippen molar-refractivity contribution in [3.05, 3.63) is 75.8 Å². The molecule has 1 aliphatic rings. The fraction of sp³-hybridized carbons (Fsp3) is 0.250. The van der Waals surface area contributed by atoms with Crippen molar-refractivity contribution in [3.8, 4) is 23.0 Å². The summed E-state index contributed by atoms with van der Waals surface area (Å²) in [6, 6.07) is 13.2. The van der Waals surface area contributed by atoms with Crippen LogP contribution in [0.3, 0.4) is 0 Å². The maximum Gasteiger partial charge on any atom is 0.335 e. The molecule has 0 aliphatic carbocycles. The minimum absolute atomic E-state index is 0.0627. The maximum atomic E-state index is 13.5. The second-order valence-corrected chi connectivity index (χ2v) is 10.3. The van der Waals surface area contributed by atoms with Gasteiger partial charge in [0.25, 0.3) is 17.7 Å². The number of benzene rings is 3. The van der Waals surface area contributed by atoms with Crippen molar-refractivity contribution >= 4 is 64.4 Å². The Bertz CT molecular complexity index is 1630. The second-order valence-electron chi connectivity index (χ2n) is 9.48. The van der Waals surface area contributed by atoms with Crippen LogP contribution in [0.2, 0.25) is 10.0 Å². The first-order chi connectivity index (χ1) is 21.6. The van der Waals surface area contributed by atoms with E-state index in [1.807, 2.05) is 6.92 Å². The number of amides is 5. The number of nitrogens with zero attached hydrogens (tertiary/aromatic N) is 1. The van der Waals surface area contributed by atoms with Gasteiger partial charge in [0.1, 0.15) is 5.57 Å². The van der Waals surface area contributed by atoms with Gasteiger partial charge in [0.2, 0.25) is 0 Å². The molecular weight excluding hydrogens is 625 g/mol. The lowest BCUT2D eigenvalue weighted by Crippen LogP contribution is -2.54. The molecule has 0 saturated carbocycles. The highest BCUT2D eigenvalue weighted by Gasteiger charge is 2.37. The molecule has 1 saturated heterocycles. The number of ether oxygens (including phenoxy) is 4. The second kappa shape index (κ2) is 15.3. The highest BCUT2D eigenvalue weighted by molar-refractivity contribution is 6.39. The third-order valence-corrected chi connectivity index (χ3v) is 6.70. The number of barbiturate groups is 1. The van der Waals surface area contributed by atoms with Gasteiger partial charge in [-0.2, -0.15) is 0 Å². The van der Waals surface area contributed by atoms with Crippen LogP contribution in [0.25, 0.3) is 6.08 Å². The molecule has 1 fully saturated rings. The Morgan fingerprint density at radius 1 is 0.867 bits per heavy atom. The first-order valence-corrected chi connectivity index (χ1v) is 14.9. The van der Waals surface area contributed by atoms with Crippen LogP contribution in [0.1, 0.15) is 32.8 Å². The Balaban J connectivity index is 1.59. The molecule has 2 N–H and O–H groups in total. The molecule has 4 rings (SSSR count). The summed E-state index contributed by atoms with van der Waals surface area (Å²) in [6.07, 6.45) is 2.06. The SMILES string of the molecule is CCCOc1ccc(N2C(=O)NC(=O)/C(=C\c3cc(Cl)c(OCC(=O)Nc4ccc(Cl)cc4)c(OCC)c3)C2=O)cc1OCC. The molecule has 11 nitrogen and oxygen atoms in total. The van der Waals surface area contributed by atoms with Gasteiger partial charge >= 0.3 is 6.03 Å². The molecule has 0 radical (unpaired) electrons. The molecule has 3 aromatic carbocycles. The normalized spacial score (nSPS) is 13.8. The van der Waals surface area contributed by atoms with Crippen molar-refractivity contribution in [3.63, 3.8) is 0 Å². The highest BCUT2D eigenvalue weighted by atomic mass is 35.5. The smallest absolute Gasteiger partial charge is 0.335 e. The number of anilines is 2. The number of urea groups is 1. The van der Waals surface area contributed by atoms with E-state index in [0.717, 1.165) is 11.3 Å². The van der Waals surface area contributed by atoms with Gasteiger partial charge < -0.3 is 24.3 Å². The molecule has 13 heteroatoms. The number of hydrogen-bond donors (Lipinski definition) is 2. The minimum atomic E-state index is -0.916. The molecular formula is C32H31Cl2N3O8. The van der Waals surface area contributed by atoms with Crippen LogP contribution in [0.15, 0.2) is 60.2 Å². The Hall–Kier alpha value is -4.74. The van der Waals surface area contributed by atoms with Crippen LogP contribution in [0.4, 0.5) is 16.2 Å². The van der Waals surface area contributed by atoms with Crippen LogP contribution >= 0.6 is 23.2 Å². The van der Waals surface area contributed by atoms with Gasteiger partial charge in [0.15, 0.2) is 29.6 Å². The maximum absolute atomic E-state index is 13.5. The summed E-state index contributed by atoms with van der Waals surface area (Å²) in [6.45, 7) is 6.13. The third kappa shape index (κ3) is 8.25. The number of halogens is 2. The quantitative estimate of drug-likeness (QED) is 0.163. The van der Waals surface area contributed by atoms with Gasteiger partial charge in [-0.1, -0.05) is 30.1 Å². The minimum Gasteiger partial charge on any atom is -0.490 e.